The van der Waals surface area contributed by atoms with Crippen molar-refractivity contribution in [2.24, 2.45) is 5.10 Å². The SMILES string of the molecule is CC(=O)N/N=C/c1cc(C)n(-c2ccc(O)cc2)c1C. The largest absolute Gasteiger partial charge is 0.508 e. The van der Waals surface area contributed by atoms with Crippen molar-refractivity contribution in [3.8, 4) is 11.4 Å². The average molecular weight is 271 g/mol. The average Bonchev–Trinajstić information content (AvgIpc) is 2.66. The Balaban J connectivity index is 2.36. The highest BCUT2D eigenvalue weighted by atomic mass is 16.3. The molecule has 0 saturated carbocycles. The fraction of sp³-hybridized carbons (Fsp3) is 0.200. The summed E-state index contributed by atoms with van der Waals surface area (Å²) in [5, 5.41) is 13.2. The fourth-order valence-electron chi connectivity index (χ4n) is 2.11. The van der Waals surface area contributed by atoms with Crippen LogP contribution in [0.4, 0.5) is 0 Å². The Hall–Kier alpha value is -2.56. The topological polar surface area (TPSA) is 66.6 Å². The predicted molar refractivity (Wildman–Crippen MR) is 78.3 cm³/mol. The van der Waals surface area contributed by atoms with Gasteiger partial charge < -0.3 is 9.67 Å². The third kappa shape index (κ3) is 2.88. The van der Waals surface area contributed by atoms with Gasteiger partial charge in [-0.05, 0) is 44.2 Å². The Bertz CT molecular complexity index is 655. The molecule has 0 bridgehead atoms. The minimum absolute atomic E-state index is 0.200. The molecule has 0 saturated heterocycles. The standard InChI is InChI=1S/C15H17N3O2/c1-10-8-13(9-16-17-12(3)19)11(2)18(10)14-4-6-15(20)7-5-14/h4-9,20H,1-3H3,(H,17,19)/b16-9+. The zero-order valence-electron chi connectivity index (χ0n) is 11.7. The first kappa shape index (κ1) is 13.9. The van der Waals surface area contributed by atoms with Crippen LogP contribution in [0.25, 0.3) is 5.69 Å². The van der Waals surface area contributed by atoms with Crippen LogP contribution in [0.1, 0.15) is 23.9 Å². The fourth-order valence-corrected chi connectivity index (χ4v) is 2.11. The van der Waals surface area contributed by atoms with Gasteiger partial charge in [0.25, 0.3) is 0 Å². The molecule has 1 heterocycles. The van der Waals surface area contributed by atoms with Gasteiger partial charge >= 0.3 is 0 Å². The number of hydrogen-bond acceptors (Lipinski definition) is 3. The summed E-state index contributed by atoms with van der Waals surface area (Å²) in [5.74, 6) is 0.0391. The van der Waals surface area contributed by atoms with E-state index in [9.17, 15) is 9.90 Å². The lowest BCUT2D eigenvalue weighted by Crippen LogP contribution is -2.12. The Labute approximate surface area is 117 Å². The normalized spacial score (nSPS) is 10.9. The highest BCUT2D eigenvalue weighted by molar-refractivity contribution is 5.83. The van der Waals surface area contributed by atoms with Gasteiger partial charge in [-0.15, -0.1) is 0 Å². The second-order valence-electron chi connectivity index (χ2n) is 4.60. The molecule has 0 unspecified atom stereocenters. The first-order chi connectivity index (χ1) is 9.49. The molecule has 5 heteroatoms. The van der Waals surface area contributed by atoms with E-state index in [0.717, 1.165) is 22.6 Å². The molecule has 1 amide bonds. The number of phenols is 1. The summed E-state index contributed by atoms with van der Waals surface area (Å²) < 4.78 is 2.06. The molecule has 0 atom stereocenters. The zero-order valence-corrected chi connectivity index (χ0v) is 11.7. The van der Waals surface area contributed by atoms with Gasteiger partial charge in [0, 0.05) is 29.6 Å². The Morgan fingerprint density at radius 2 is 1.95 bits per heavy atom. The Morgan fingerprint density at radius 1 is 1.30 bits per heavy atom. The number of benzene rings is 1. The second-order valence-corrected chi connectivity index (χ2v) is 4.60. The molecule has 1 aromatic carbocycles. The molecule has 2 aromatic rings. The van der Waals surface area contributed by atoms with E-state index >= 15 is 0 Å². The third-order valence-electron chi connectivity index (χ3n) is 3.00. The lowest BCUT2D eigenvalue weighted by atomic mass is 10.2. The van der Waals surface area contributed by atoms with Crippen LogP contribution in [-0.2, 0) is 4.79 Å². The number of rotatable bonds is 3. The molecule has 20 heavy (non-hydrogen) atoms. The van der Waals surface area contributed by atoms with Gasteiger partial charge in [-0.2, -0.15) is 5.10 Å². The number of nitrogens with zero attached hydrogens (tertiary/aromatic N) is 2. The molecular formula is C15H17N3O2. The van der Waals surface area contributed by atoms with Gasteiger partial charge in [0.2, 0.25) is 5.91 Å². The summed E-state index contributed by atoms with van der Waals surface area (Å²) in [4.78, 5) is 10.8. The van der Waals surface area contributed by atoms with Crippen LogP contribution in [-0.4, -0.2) is 21.8 Å². The van der Waals surface area contributed by atoms with Crippen molar-refractivity contribution in [1.29, 1.82) is 0 Å². The van der Waals surface area contributed by atoms with Crippen LogP contribution >= 0.6 is 0 Å². The maximum atomic E-state index is 10.8. The molecule has 0 radical (unpaired) electrons. The lowest BCUT2D eigenvalue weighted by molar-refractivity contribution is -0.118. The molecule has 0 aliphatic heterocycles. The van der Waals surface area contributed by atoms with Gasteiger partial charge in [-0.3, -0.25) is 4.79 Å². The Kier molecular flexibility index (Phi) is 3.89. The summed E-state index contributed by atoms with van der Waals surface area (Å²) in [6, 6.07) is 9.00. The first-order valence-electron chi connectivity index (χ1n) is 6.27. The number of hydrazone groups is 1. The molecule has 0 aliphatic rings. The van der Waals surface area contributed by atoms with E-state index in [1.807, 2.05) is 32.0 Å². The minimum atomic E-state index is -0.200. The van der Waals surface area contributed by atoms with Crippen molar-refractivity contribution in [3.05, 3.63) is 47.3 Å². The summed E-state index contributed by atoms with van der Waals surface area (Å²) in [6.45, 7) is 5.39. The lowest BCUT2D eigenvalue weighted by Gasteiger charge is -2.09. The highest BCUT2D eigenvalue weighted by Gasteiger charge is 2.09. The van der Waals surface area contributed by atoms with Crippen molar-refractivity contribution in [1.82, 2.24) is 9.99 Å². The van der Waals surface area contributed by atoms with E-state index in [2.05, 4.69) is 15.1 Å². The molecule has 5 nitrogen and oxygen atoms in total. The zero-order chi connectivity index (χ0) is 14.7. The van der Waals surface area contributed by atoms with Crippen LogP contribution < -0.4 is 5.43 Å². The number of aromatic nitrogens is 1. The minimum Gasteiger partial charge on any atom is -0.508 e. The molecule has 2 N–H and O–H groups in total. The third-order valence-corrected chi connectivity index (χ3v) is 3.00. The number of aromatic hydroxyl groups is 1. The van der Waals surface area contributed by atoms with E-state index in [0.29, 0.717) is 0 Å². The molecule has 0 fully saturated rings. The quantitative estimate of drug-likeness (QED) is 0.664. The van der Waals surface area contributed by atoms with Crippen molar-refractivity contribution < 1.29 is 9.90 Å². The number of nitrogens with one attached hydrogen (secondary N) is 1. The molecule has 0 spiro atoms. The number of amides is 1. The molecule has 2 rings (SSSR count). The van der Waals surface area contributed by atoms with Crippen LogP contribution in [0.15, 0.2) is 35.4 Å². The summed E-state index contributed by atoms with van der Waals surface area (Å²) in [7, 11) is 0. The van der Waals surface area contributed by atoms with Crippen molar-refractivity contribution >= 4 is 12.1 Å². The van der Waals surface area contributed by atoms with Crippen LogP contribution in [0.2, 0.25) is 0 Å². The number of hydrogen-bond donors (Lipinski definition) is 2. The first-order valence-corrected chi connectivity index (χ1v) is 6.27. The van der Waals surface area contributed by atoms with E-state index in [1.165, 1.54) is 6.92 Å². The van der Waals surface area contributed by atoms with Gasteiger partial charge in [0.15, 0.2) is 0 Å². The number of phenolic OH excluding ortho intramolecular Hbond substituents is 1. The van der Waals surface area contributed by atoms with Crippen LogP contribution in [0.5, 0.6) is 5.75 Å². The number of carbonyl (C=O) groups excluding carboxylic acids is 1. The summed E-state index contributed by atoms with van der Waals surface area (Å²) in [5.41, 5.74) is 6.36. The predicted octanol–water partition coefficient (Wildman–Crippen LogP) is 2.27. The number of aryl methyl sites for hydroxylation is 1. The van der Waals surface area contributed by atoms with E-state index in [4.69, 9.17) is 0 Å². The molecule has 1 aromatic heterocycles. The van der Waals surface area contributed by atoms with Crippen molar-refractivity contribution in [3.63, 3.8) is 0 Å². The van der Waals surface area contributed by atoms with Gasteiger partial charge in [0.1, 0.15) is 5.75 Å². The van der Waals surface area contributed by atoms with E-state index in [-0.39, 0.29) is 11.7 Å². The van der Waals surface area contributed by atoms with Gasteiger partial charge in [0.05, 0.1) is 6.21 Å². The van der Waals surface area contributed by atoms with Gasteiger partial charge in [-0.25, -0.2) is 5.43 Å². The van der Waals surface area contributed by atoms with E-state index < -0.39 is 0 Å². The van der Waals surface area contributed by atoms with Crippen LogP contribution in [0, 0.1) is 13.8 Å². The second kappa shape index (κ2) is 5.61. The number of carbonyl (C=O) groups is 1. The smallest absolute Gasteiger partial charge is 0.236 e. The summed E-state index contributed by atoms with van der Waals surface area (Å²) >= 11 is 0. The van der Waals surface area contributed by atoms with Gasteiger partial charge in [-0.1, -0.05) is 0 Å². The van der Waals surface area contributed by atoms with Crippen molar-refractivity contribution in [2.45, 2.75) is 20.8 Å². The highest BCUT2D eigenvalue weighted by Crippen LogP contribution is 2.21. The molecule has 0 aliphatic carbocycles. The molecular weight excluding hydrogens is 254 g/mol. The monoisotopic (exact) mass is 271 g/mol. The van der Waals surface area contributed by atoms with Crippen LogP contribution in [0.3, 0.4) is 0 Å². The maximum Gasteiger partial charge on any atom is 0.236 e. The summed E-state index contributed by atoms with van der Waals surface area (Å²) in [6.07, 6.45) is 1.63. The molecule has 104 valence electrons. The Morgan fingerprint density at radius 3 is 2.55 bits per heavy atom. The maximum absolute atomic E-state index is 10.8. The van der Waals surface area contributed by atoms with Crippen molar-refractivity contribution in [2.75, 3.05) is 0 Å². The van der Waals surface area contributed by atoms with E-state index in [1.54, 1.807) is 18.3 Å².